The lowest BCUT2D eigenvalue weighted by atomic mass is 10.1. The highest BCUT2D eigenvalue weighted by Gasteiger charge is 2.22. The zero-order valence-electron chi connectivity index (χ0n) is 18.8. The zero-order valence-corrected chi connectivity index (χ0v) is 19.5. The van der Waals surface area contributed by atoms with Crippen LogP contribution < -0.4 is 16.4 Å². The Morgan fingerprint density at radius 2 is 1.94 bits per heavy atom. The van der Waals surface area contributed by atoms with Gasteiger partial charge in [-0.1, -0.05) is 38.4 Å². The zero-order chi connectivity index (χ0) is 22.7. The van der Waals surface area contributed by atoms with Gasteiger partial charge in [0.25, 0.3) is 0 Å². The Balaban J connectivity index is 2.09. The summed E-state index contributed by atoms with van der Waals surface area (Å²) in [5.41, 5.74) is 10.1. The van der Waals surface area contributed by atoms with Gasteiger partial charge in [0, 0.05) is 12.6 Å². The minimum atomic E-state index is -0.121. The number of nitrogens with two attached hydrogens (primary N) is 1. The largest absolute Gasteiger partial charge is 0.398 e. The third kappa shape index (κ3) is 5.02. The van der Waals surface area contributed by atoms with Crippen molar-refractivity contribution in [3.05, 3.63) is 34.5 Å². The molecule has 0 aliphatic heterocycles. The molecule has 0 saturated carbocycles. The second-order valence-electron chi connectivity index (χ2n) is 8.31. The average Bonchev–Trinajstić information content (AvgIpc) is 3.13. The van der Waals surface area contributed by atoms with E-state index in [1.165, 1.54) is 0 Å². The first-order valence-corrected chi connectivity index (χ1v) is 11.1. The molecular weight excluding hydrogens is 414 g/mol. The van der Waals surface area contributed by atoms with Gasteiger partial charge in [-0.2, -0.15) is 10.1 Å². The van der Waals surface area contributed by atoms with Gasteiger partial charge in [0.1, 0.15) is 11.0 Å². The second-order valence-corrected chi connectivity index (χ2v) is 8.72. The molecule has 1 aromatic carbocycles. The Hall–Kier alpha value is -2.58. The summed E-state index contributed by atoms with van der Waals surface area (Å²) in [6.07, 6.45) is 0.757. The fraction of sp³-hybridized carbons (Fsp3) is 0.500. The Morgan fingerprint density at radius 1 is 1.19 bits per heavy atom. The van der Waals surface area contributed by atoms with E-state index in [9.17, 15) is 5.11 Å². The van der Waals surface area contributed by atoms with E-state index in [1.54, 1.807) is 6.07 Å². The number of aliphatic hydroxyl groups is 1. The van der Waals surface area contributed by atoms with E-state index < -0.39 is 0 Å². The van der Waals surface area contributed by atoms with Gasteiger partial charge in [0.05, 0.1) is 29.1 Å². The molecule has 31 heavy (non-hydrogen) atoms. The van der Waals surface area contributed by atoms with Gasteiger partial charge < -0.3 is 21.5 Å². The van der Waals surface area contributed by atoms with E-state index in [2.05, 4.69) is 38.3 Å². The summed E-state index contributed by atoms with van der Waals surface area (Å²) in [4.78, 5) is 9.53. The molecule has 9 heteroatoms. The fourth-order valence-corrected chi connectivity index (χ4v) is 3.48. The van der Waals surface area contributed by atoms with E-state index >= 15 is 0 Å². The molecule has 8 nitrogen and oxygen atoms in total. The molecule has 0 radical (unpaired) electrons. The summed E-state index contributed by atoms with van der Waals surface area (Å²) >= 11 is 6.05. The van der Waals surface area contributed by atoms with Crippen LogP contribution >= 0.6 is 11.6 Å². The van der Waals surface area contributed by atoms with Gasteiger partial charge in [-0.15, -0.1) is 0 Å². The van der Waals surface area contributed by atoms with Crippen LogP contribution in [0.15, 0.2) is 18.2 Å². The summed E-state index contributed by atoms with van der Waals surface area (Å²) in [6, 6.07) is 5.60. The molecule has 0 spiro atoms. The predicted octanol–water partition coefficient (Wildman–Crippen LogP) is 4.56. The van der Waals surface area contributed by atoms with Gasteiger partial charge in [-0.3, -0.25) is 4.68 Å². The number of rotatable bonds is 9. The monoisotopic (exact) mass is 445 g/mol. The fourth-order valence-electron chi connectivity index (χ4n) is 3.36. The number of aliphatic hydroxyl groups excluding tert-OH is 1. The van der Waals surface area contributed by atoms with Gasteiger partial charge in [0.15, 0.2) is 5.82 Å². The van der Waals surface area contributed by atoms with Crippen LogP contribution in [0, 0.1) is 0 Å². The quantitative estimate of drug-likeness (QED) is 0.357. The van der Waals surface area contributed by atoms with Crippen LogP contribution in [0.1, 0.15) is 64.3 Å². The van der Waals surface area contributed by atoms with Crippen LogP contribution in [0.5, 0.6) is 0 Å². The minimum Gasteiger partial charge on any atom is -0.398 e. The van der Waals surface area contributed by atoms with E-state index in [1.807, 2.05) is 23.7 Å². The first kappa shape index (κ1) is 23.1. The molecule has 0 aliphatic carbocycles. The molecule has 2 aromatic heterocycles. The summed E-state index contributed by atoms with van der Waals surface area (Å²) in [6.45, 7) is 10.9. The lowest BCUT2D eigenvalue weighted by molar-refractivity contribution is 0.271. The first-order chi connectivity index (χ1) is 14.7. The highest BCUT2D eigenvalue weighted by Crippen LogP contribution is 2.31. The maximum Gasteiger partial charge on any atom is 0.225 e. The maximum absolute atomic E-state index is 9.62. The third-order valence-corrected chi connectivity index (χ3v) is 5.52. The number of fused-ring (bicyclic) bond motifs is 1. The van der Waals surface area contributed by atoms with Crippen molar-refractivity contribution in [2.45, 2.75) is 65.6 Å². The maximum atomic E-state index is 9.62. The number of hydrogen-bond donors (Lipinski definition) is 4. The molecule has 0 saturated heterocycles. The smallest absolute Gasteiger partial charge is 0.225 e. The minimum absolute atomic E-state index is 0.00695. The number of aromatic nitrogens is 4. The van der Waals surface area contributed by atoms with Crippen molar-refractivity contribution >= 4 is 40.1 Å². The molecule has 3 rings (SSSR count). The summed E-state index contributed by atoms with van der Waals surface area (Å²) < 4.78 is 1.97. The van der Waals surface area contributed by atoms with Crippen LogP contribution in [0.3, 0.4) is 0 Å². The Labute approximate surface area is 188 Å². The molecule has 3 aromatic rings. The number of hydrogen-bond acceptors (Lipinski definition) is 7. The number of benzene rings is 1. The number of nitrogen functional groups attached to an aromatic ring is 1. The number of anilines is 3. The predicted molar refractivity (Wildman–Crippen MR) is 128 cm³/mol. The number of halogens is 1. The normalized spacial score (nSPS) is 12.7. The van der Waals surface area contributed by atoms with E-state index in [0.29, 0.717) is 29.0 Å². The molecule has 0 amide bonds. The van der Waals surface area contributed by atoms with Gasteiger partial charge in [-0.05, 0) is 43.9 Å². The van der Waals surface area contributed by atoms with Crippen molar-refractivity contribution in [1.82, 2.24) is 19.7 Å². The molecule has 1 atom stereocenters. The first-order valence-electron chi connectivity index (χ1n) is 10.7. The summed E-state index contributed by atoms with van der Waals surface area (Å²) in [7, 11) is 0. The molecule has 168 valence electrons. The van der Waals surface area contributed by atoms with Crippen molar-refractivity contribution in [1.29, 1.82) is 0 Å². The van der Waals surface area contributed by atoms with Crippen molar-refractivity contribution in [3.63, 3.8) is 0 Å². The molecule has 5 N–H and O–H groups in total. The average molecular weight is 446 g/mol. The van der Waals surface area contributed by atoms with Crippen molar-refractivity contribution in [3.8, 4) is 0 Å². The third-order valence-electron chi connectivity index (χ3n) is 5.17. The van der Waals surface area contributed by atoms with Crippen LogP contribution in [-0.4, -0.2) is 37.5 Å². The van der Waals surface area contributed by atoms with Crippen LogP contribution in [0.2, 0.25) is 5.02 Å². The number of nitrogens with one attached hydrogen (secondary N) is 2. The highest BCUT2D eigenvalue weighted by atomic mass is 35.5. The Bertz CT molecular complexity index is 1040. The van der Waals surface area contributed by atoms with Crippen molar-refractivity contribution < 1.29 is 5.11 Å². The van der Waals surface area contributed by atoms with Crippen molar-refractivity contribution in [2.24, 2.45) is 0 Å². The summed E-state index contributed by atoms with van der Waals surface area (Å²) in [5, 5.41) is 21.7. The van der Waals surface area contributed by atoms with Crippen LogP contribution in [0.4, 0.5) is 17.5 Å². The van der Waals surface area contributed by atoms with Crippen molar-refractivity contribution in [2.75, 3.05) is 23.0 Å². The van der Waals surface area contributed by atoms with E-state index in [-0.39, 0.29) is 24.6 Å². The van der Waals surface area contributed by atoms with Gasteiger partial charge in [0.2, 0.25) is 5.95 Å². The molecular formula is C22H32ClN7O. The summed E-state index contributed by atoms with van der Waals surface area (Å²) in [5.74, 6) is 1.35. The van der Waals surface area contributed by atoms with Crippen LogP contribution in [0.25, 0.3) is 11.0 Å². The Kier molecular flexibility index (Phi) is 7.23. The van der Waals surface area contributed by atoms with Gasteiger partial charge in [-0.25, -0.2) is 4.98 Å². The standard InChI is InChI=1S/C22H32ClN7O/c1-6-15(11-31)26-22-27-19-18(12(2)3)29-30(13(4)5)20(19)21(28-22)25-10-14-7-8-16(23)17(24)9-14/h7-9,12-13,15,31H,6,10-11,24H2,1-5H3,(H2,25,26,27,28). The molecule has 0 bridgehead atoms. The SMILES string of the molecule is CCC(CO)Nc1nc(NCc2ccc(Cl)c(N)c2)c2c(n1)c(C(C)C)nn2C(C)C. The Morgan fingerprint density at radius 3 is 2.52 bits per heavy atom. The van der Waals surface area contributed by atoms with Gasteiger partial charge >= 0.3 is 0 Å². The lowest BCUT2D eigenvalue weighted by Crippen LogP contribution is -2.24. The molecule has 1 unspecified atom stereocenters. The number of nitrogens with zero attached hydrogens (tertiary/aromatic N) is 4. The topological polar surface area (TPSA) is 114 Å². The second kappa shape index (κ2) is 9.70. The molecule has 0 fully saturated rings. The molecule has 2 heterocycles. The van der Waals surface area contributed by atoms with Crippen LogP contribution in [-0.2, 0) is 6.54 Å². The van der Waals surface area contributed by atoms with E-state index in [4.69, 9.17) is 32.4 Å². The highest BCUT2D eigenvalue weighted by molar-refractivity contribution is 6.33. The lowest BCUT2D eigenvalue weighted by Gasteiger charge is -2.17. The van der Waals surface area contributed by atoms with E-state index in [0.717, 1.165) is 28.7 Å². The molecule has 0 aliphatic rings.